The monoisotopic (exact) mass is 380 g/mol. The topological polar surface area (TPSA) is 66.0 Å². The largest absolute Gasteiger partial charge is 0.489 e. The second kappa shape index (κ2) is 10.9. The predicted molar refractivity (Wildman–Crippen MR) is 106 cm³/mol. The molecule has 1 unspecified atom stereocenters. The summed E-state index contributed by atoms with van der Waals surface area (Å²) in [6, 6.07) is 7.37. The molecule has 2 rings (SSSR count). The summed E-state index contributed by atoms with van der Waals surface area (Å²) < 4.78 is 5.84. The van der Waals surface area contributed by atoms with Gasteiger partial charge in [-0.1, -0.05) is 17.7 Å². The molecule has 0 bridgehead atoms. The highest BCUT2D eigenvalue weighted by molar-refractivity contribution is 6.30. The molecule has 1 atom stereocenters. The normalized spacial score (nSPS) is 15.9. The van der Waals surface area contributed by atoms with Crippen LogP contribution in [0.2, 0.25) is 5.02 Å². The van der Waals surface area contributed by atoms with Crippen molar-refractivity contribution in [1.29, 1.82) is 0 Å². The third-order valence-electron chi connectivity index (χ3n) is 4.05. The van der Waals surface area contributed by atoms with Gasteiger partial charge in [-0.25, -0.2) is 4.99 Å². The Labute approximate surface area is 161 Å². The third-order valence-corrected chi connectivity index (χ3v) is 4.29. The number of amides is 1. The molecule has 2 N–H and O–H groups in total. The van der Waals surface area contributed by atoms with E-state index in [1.165, 1.54) is 0 Å². The Hall–Kier alpha value is -1.95. The van der Waals surface area contributed by atoms with Crippen LogP contribution in [-0.4, -0.2) is 55.6 Å². The average molecular weight is 381 g/mol. The fourth-order valence-electron chi connectivity index (χ4n) is 2.79. The van der Waals surface area contributed by atoms with Crippen molar-refractivity contribution >= 4 is 23.5 Å². The summed E-state index contributed by atoms with van der Waals surface area (Å²) in [6.07, 6.45) is 2.53. The molecule has 0 saturated carbocycles. The van der Waals surface area contributed by atoms with Crippen LogP contribution in [0.1, 0.15) is 33.1 Å². The average Bonchev–Trinajstić information content (AvgIpc) is 3.01. The van der Waals surface area contributed by atoms with Gasteiger partial charge in [0.25, 0.3) is 0 Å². The number of nitrogens with zero attached hydrogens (tertiary/aromatic N) is 2. The van der Waals surface area contributed by atoms with Crippen LogP contribution in [0.5, 0.6) is 5.75 Å². The van der Waals surface area contributed by atoms with E-state index in [9.17, 15) is 4.79 Å². The highest BCUT2D eigenvalue weighted by Crippen LogP contribution is 2.18. The van der Waals surface area contributed by atoms with Crippen molar-refractivity contribution in [3.63, 3.8) is 0 Å². The van der Waals surface area contributed by atoms with Crippen LogP contribution < -0.4 is 15.4 Å². The van der Waals surface area contributed by atoms with Gasteiger partial charge in [-0.3, -0.25) is 4.79 Å². The fraction of sp³-hybridized carbons (Fsp3) is 0.579. The molecule has 1 fully saturated rings. The smallest absolute Gasteiger partial charge is 0.222 e. The Bertz CT molecular complexity index is 609. The number of benzene rings is 1. The van der Waals surface area contributed by atoms with Crippen molar-refractivity contribution in [2.75, 3.05) is 32.7 Å². The van der Waals surface area contributed by atoms with E-state index in [0.717, 1.165) is 50.7 Å². The van der Waals surface area contributed by atoms with Crippen LogP contribution in [0.4, 0.5) is 0 Å². The van der Waals surface area contributed by atoms with E-state index in [1.807, 2.05) is 36.9 Å². The number of rotatable bonds is 9. The number of carbonyl (C=O) groups excluding carboxylic acids is 1. The number of ether oxygens (including phenoxy) is 1. The van der Waals surface area contributed by atoms with E-state index < -0.39 is 0 Å². The summed E-state index contributed by atoms with van der Waals surface area (Å²) in [4.78, 5) is 18.1. The van der Waals surface area contributed by atoms with Crippen molar-refractivity contribution < 1.29 is 9.53 Å². The van der Waals surface area contributed by atoms with Crippen molar-refractivity contribution in [3.8, 4) is 5.75 Å². The molecular weight excluding hydrogens is 352 g/mol. The fourth-order valence-corrected chi connectivity index (χ4v) is 2.97. The van der Waals surface area contributed by atoms with Gasteiger partial charge in [-0.2, -0.15) is 0 Å². The second-order valence-corrected chi connectivity index (χ2v) is 6.81. The molecule has 1 aliphatic rings. The predicted octanol–water partition coefficient (Wildman–Crippen LogP) is 2.67. The van der Waals surface area contributed by atoms with Crippen LogP contribution in [0, 0.1) is 0 Å². The van der Waals surface area contributed by atoms with Crippen LogP contribution in [0.15, 0.2) is 29.3 Å². The van der Waals surface area contributed by atoms with E-state index >= 15 is 0 Å². The summed E-state index contributed by atoms with van der Waals surface area (Å²) in [5.41, 5.74) is 0. The van der Waals surface area contributed by atoms with E-state index in [1.54, 1.807) is 6.07 Å². The van der Waals surface area contributed by atoms with Gasteiger partial charge in [0.1, 0.15) is 11.9 Å². The maximum atomic E-state index is 11.6. The minimum Gasteiger partial charge on any atom is -0.489 e. The molecule has 0 radical (unpaired) electrons. The van der Waals surface area contributed by atoms with Crippen LogP contribution >= 0.6 is 11.6 Å². The number of carbonyl (C=O) groups is 1. The van der Waals surface area contributed by atoms with Crippen LogP contribution in [0.25, 0.3) is 0 Å². The highest BCUT2D eigenvalue weighted by Gasteiger charge is 2.18. The molecule has 0 spiro atoms. The molecule has 26 heavy (non-hydrogen) atoms. The number of likely N-dealkylation sites (tertiary alicyclic amines) is 1. The maximum Gasteiger partial charge on any atom is 0.222 e. The Kier molecular flexibility index (Phi) is 8.54. The zero-order valence-electron chi connectivity index (χ0n) is 15.6. The van der Waals surface area contributed by atoms with Crippen molar-refractivity contribution in [3.05, 3.63) is 29.3 Å². The number of guanidine groups is 1. The molecule has 1 aromatic rings. The number of hydrogen-bond acceptors (Lipinski definition) is 3. The van der Waals surface area contributed by atoms with Crippen molar-refractivity contribution in [2.24, 2.45) is 4.99 Å². The molecule has 1 aromatic carbocycles. The summed E-state index contributed by atoms with van der Waals surface area (Å²) in [7, 11) is 0. The molecule has 6 nitrogen and oxygen atoms in total. The Morgan fingerprint density at radius 3 is 2.96 bits per heavy atom. The molecule has 0 aliphatic carbocycles. The molecule has 144 valence electrons. The van der Waals surface area contributed by atoms with Crippen molar-refractivity contribution in [2.45, 2.75) is 39.2 Å². The van der Waals surface area contributed by atoms with Crippen molar-refractivity contribution in [1.82, 2.24) is 15.5 Å². The lowest BCUT2D eigenvalue weighted by atomic mass is 10.3. The zero-order valence-corrected chi connectivity index (χ0v) is 16.4. The molecule has 1 aliphatic heterocycles. The Morgan fingerprint density at radius 2 is 2.27 bits per heavy atom. The number of nitrogens with one attached hydrogen (secondary N) is 2. The van der Waals surface area contributed by atoms with Gasteiger partial charge >= 0.3 is 0 Å². The lowest BCUT2D eigenvalue weighted by Gasteiger charge is -2.17. The standard InChI is InChI=1S/C19H29ClN4O2/c1-3-21-19(22-10-6-12-24-11-5-9-18(24)25)23-14-15(2)26-17-8-4-7-16(20)13-17/h4,7-8,13,15H,3,5-6,9-12,14H2,1-2H3,(H2,21,22,23). The molecule has 7 heteroatoms. The van der Waals surface area contributed by atoms with Gasteiger partial charge in [-0.05, 0) is 44.9 Å². The summed E-state index contributed by atoms with van der Waals surface area (Å²) >= 11 is 5.97. The zero-order chi connectivity index (χ0) is 18.8. The number of halogens is 1. The number of aliphatic imine (C=N–C) groups is 1. The molecule has 1 amide bonds. The molecular formula is C19H29ClN4O2. The third kappa shape index (κ3) is 7.12. The first-order chi connectivity index (χ1) is 12.6. The Balaban J connectivity index is 1.73. The minimum atomic E-state index is -0.0638. The number of hydrogen-bond donors (Lipinski definition) is 2. The van der Waals surface area contributed by atoms with Crippen LogP contribution in [0.3, 0.4) is 0 Å². The lowest BCUT2D eigenvalue weighted by Crippen LogP contribution is -2.39. The first-order valence-electron chi connectivity index (χ1n) is 9.30. The van der Waals surface area contributed by atoms with Gasteiger partial charge in [0.15, 0.2) is 5.96 Å². The summed E-state index contributed by atoms with van der Waals surface area (Å²) in [6.45, 7) is 7.81. The van der Waals surface area contributed by atoms with Gasteiger partial charge in [0, 0.05) is 37.6 Å². The molecule has 1 saturated heterocycles. The van der Waals surface area contributed by atoms with E-state index in [0.29, 0.717) is 18.0 Å². The van der Waals surface area contributed by atoms with Gasteiger partial charge < -0.3 is 20.3 Å². The highest BCUT2D eigenvalue weighted by atomic mass is 35.5. The molecule has 1 heterocycles. The van der Waals surface area contributed by atoms with E-state index in [2.05, 4.69) is 15.6 Å². The first-order valence-corrected chi connectivity index (χ1v) is 9.68. The summed E-state index contributed by atoms with van der Waals surface area (Å²) in [5.74, 6) is 1.78. The SMILES string of the molecule is CCNC(=NCC(C)Oc1cccc(Cl)c1)NCCCN1CCCC1=O. The summed E-state index contributed by atoms with van der Waals surface area (Å²) in [5, 5.41) is 7.20. The quantitative estimate of drug-likeness (QED) is 0.392. The van der Waals surface area contributed by atoms with E-state index in [-0.39, 0.29) is 12.0 Å². The van der Waals surface area contributed by atoms with Gasteiger partial charge in [-0.15, -0.1) is 0 Å². The van der Waals surface area contributed by atoms with Crippen LogP contribution in [-0.2, 0) is 4.79 Å². The Morgan fingerprint density at radius 1 is 1.42 bits per heavy atom. The maximum absolute atomic E-state index is 11.6. The van der Waals surface area contributed by atoms with Gasteiger partial charge in [0.2, 0.25) is 5.91 Å². The van der Waals surface area contributed by atoms with Gasteiger partial charge in [0.05, 0.1) is 6.54 Å². The first kappa shape index (κ1) is 20.4. The second-order valence-electron chi connectivity index (χ2n) is 6.37. The minimum absolute atomic E-state index is 0.0638. The van der Waals surface area contributed by atoms with E-state index in [4.69, 9.17) is 16.3 Å². The molecule has 0 aromatic heterocycles. The lowest BCUT2D eigenvalue weighted by molar-refractivity contribution is -0.127.